The molecule has 2 aromatic carbocycles. The second-order valence-corrected chi connectivity index (χ2v) is 11.9. The molecule has 1 amide bonds. The molecule has 0 radical (unpaired) electrons. The van der Waals surface area contributed by atoms with Gasteiger partial charge >= 0.3 is 18.1 Å². The van der Waals surface area contributed by atoms with Gasteiger partial charge in [-0.1, -0.05) is 30.3 Å². The smallest absolute Gasteiger partial charge is 0.407 e. The maximum Gasteiger partial charge on any atom is 0.407 e. The first kappa shape index (κ1) is 31.8. The average molecular weight is 615 g/mol. The number of benzene rings is 2. The van der Waals surface area contributed by atoms with Gasteiger partial charge in [0.25, 0.3) is 5.70 Å². The Bertz CT molecular complexity index is 1690. The molecule has 0 saturated heterocycles. The van der Waals surface area contributed by atoms with E-state index in [1.165, 1.54) is 17.5 Å². The Morgan fingerprint density at radius 1 is 1.11 bits per heavy atom. The highest BCUT2D eigenvalue weighted by molar-refractivity contribution is 7.19. The Labute approximate surface area is 260 Å². The summed E-state index contributed by atoms with van der Waals surface area (Å²) in [5.74, 6) is -0.298. The van der Waals surface area contributed by atoms with Gasteiger partial charge in [0.1, 0.15) is 24.6 Å². The Morgan fingerprint density at radius 2 is 1.86 bits per heavy atom. The maximum atomic E-state index is 12.3. The number of amides is 1. The van der Waals surface area contributed by atoms with Gasteiger partial charge in [0, 0.05) is 35.1 Å². The molecule has 0 atom stereocenters. The van der Waals surface area contributed by atoms with Gasteiger partial charge in [0.05, 0.1) is 13.1 Å². The second-order valence-electron chi connectivity index (χ2n) is 10.8. The highest BCUT2D eigenvalue weighted by atomic mass is 32.1. The topological polar surface area (TPSA) is 133 Å². The van der Waals surface area contributed by atoms with Crippen LogP contribution in [0.4, 0.5) is 16.3 Å². The van der Waals surface area contributed by atoms with Gasteiger partial charge in [-0.15, -0.1) is 11.3 Å². The number of hydrogen-bond acceptors (Lipinski definition) is 10. The Kier molecular flexibility index (Phi) is 10.4. The number of carbonyl (C=O) groups is 2. The first-order chi connectivity index (χ1) is 21.0. The van der Waals surface area contributed by atoms with Crippen molar-refractivity contribution < 1.29 is 23.8 Å². The van der Waals surface area contributed by atoms with Gasteiger partial charge in [-0.3, -0.25) is 4.79 Å². The third kappa shape index (κ3) is 9.43. The molecular formula is C32H34N6O5S. The first-order valence-electron chi connectivity index (χ1n) is 13.8. The number of nitrogens with one attached hydrogen (secondary N) is 1. The van der Waals surface area contributed by atoms with E-state index in [9.17, 15) is 9.59 Å². The molecule has 4 rings (SSSR count). The van der Waals surface area contributed by atoms with Crippen molar-refractivity contribution in [2.24, 2.45) is 0 Å². The van der Waals surface area contributed by atoms with Crippen LogP contribution in [0.25, 0.3) is 21.0 Å². The SMILES string of the molecule is [C-]#[N+]/C(=C\c1cc2ccc(N(C)CCOC(=O)NCc3ccc(COc4nccc(N)n4)cc3)cc2s1)C(=O)OC(C)(C)C. The summed E-state index contributed by atoms with van der Waals surface area (Å²) in [5, 5.41) is 3.76. The van der Waals surface area contributed by atoms with Gasteiger partial charge in [-0.2, -0.15) is 4.98 Å². The van der Waals surface area contributed by atoms with E-state index in [0.29, 0.717) is 25.5 Å². The van der Waals surface area contributed by atoms with E-state index in [1.807, 2.05) is 60.5 Å². The molecule has 3 N–H and O–H groups in total. The molecule has 12 heteroatoms. The van der Waals surface area contributed by atoms with Crippen molar-refractivity contribution in [3.05, 3.63) is 93.9 Å². The van der Waals surface area contributed by atoms with Crippen LogP contribution in [0, 0.1) is 6.57 Å². The summed E-state index contributed by atoms with van der Waals surface area (Å²) in [6, 6.07) is 17.3. The van der Waals surface area contributed by atoms with Gasteiger partial charge in [0.2, 0.25) is 0 Å². The number of esters is 1. The van der Waals surface area contributed by atoms with Crippen LogP contribution in [0.3, 0.4) is 0 Å². The van der Waals surface area contributed by atoms with Crippen molar-refractivity contribution >= 4 is 51.1 Å². The van der Waals surface area contributed by atoms with Gasteiger partial charge in [0.15, 0.2) is 0 Å². The number of nitrogens with two attached hydrogens (primary N) is 1. The molecule has 44 heavy (non-hydrogen) atoms. The summed E-state index contributed by atoms with van der Waals surface area (Å²) in [4.78, 5) is 38.7. The fraction of sp³-hybridized carbons (Fsp3) is 0.281. The molecule has 0 aliphatic heterocycles. The normalized spacial score (nSPS) is 11.5. The number of alkyl carbamates (subject to hydrolysis) is 1. The number of aromatic nitrogens is 2. The number of likely N-dealkylation sites (N-methyl/N-ethyl adjacent to an activating group) is 1. The zero-order chi connectivity index (χ0) is 31.7. The molecule has 0 saturated carbocycles. The zero-order valence-corrected chi connectivity index (χ0v) is 25.8. The molecule has 0 aliphatic rings. The van der Waals surface area contributed by atoms with E-state index < -0.39 is 17.7 Å². The predicted octanol–water partition coefficient (Wildman–Crippen LogP) is 5.82. The van der Waals surface area contributed by atoms with Crippen LogP contribution >= 0.6 is 11.3 Å². The average Bonchev–Trinajstić information content (AvgIpc) is 3.39. The second kappa shape index (κ2) is 14.3. The largest absolute Gasteiger partial charge is 0.465 e. The summed E-state index contributed by atoms with van der Waals surface area (Å²) in [5.41, 5.74) is 7.68. The van der Waals surface area contributed by atoms with Crippen LogP contribution in [0.5, 0.6) is 6.01 Å². The number of rotatable bonds is 11. The number of anilines is 2. The summed E-state index contributed by atoms with van der Waals surface area (Å²) in [6.07, 6.45) is 2.59. The van der Waals surface area contributed by atoms with Crippen LogP contribution in [0.15, 0.2) is 66.5 Å². The molecule has 4 aromatic rings. The van der Waals surface area contributed by atoms with Crippen molar-refractivity contribution in [2.45, 2.75) is 39.5 Å². The van der Waals surface area contributed by atoms with E-state index in [0.717, 1.165) is 31.8 Å². The molecule has 0 unspecified atom stereocenters. The van der Waals surface area contributed by atoms with E-state index >= 15 is 0 Å². The minimum atomic E-state index is -0.677. The standard InChI is InChI=1S/C32H34N6O5S/c1-32(2,3)43-29(39)26(34-4)18-25-16-23-10-11-24(17-27(23)44-25)38(5)14-15-41-31(40)36-19-21-6-8-22(9-7-21)20-42-30-35-13-12-28(33)37-30/h6-13,16-18H,14-15,19-20H2,1-3,5H3,(H,36,40)(H2,33,35,37)/b26-18-. The lowest BCUT2D eigenvalue weighted by molar-refractivity contribution is -0.149. The number of nitrogen functional groups attached to an aromatic ring is 1. The fourth-order valence-electron chi connectivity index (χ4n) is 3.91. The van der Waals surface area contributed by atoms with Crippen LogP contribution in [0.2, 0.25) is 0 Å². The van der Waals surface area contributed by atoms with Crippen LogP contribution in [0.1, 0.15) is 36.8 Å². The summed E-state index contributed by atoms with van der Waals surface area (Å²) in [6.45, 7) is 14.0. The Balaban J connectivity index is 1.22. The van der Waals surface area contributed by atoms with Crippen LogP contribution in [-0.2, 0) is 27.4 Å². The van der Waals surface area contributed by atoms with E-state index in [2.05, 4.69) is 20.1 Å². The first-order valence-corrected chi connectivity index (χ1v) is 14.6. The molecule has 0 fully saturated rings. The van der Waals surface area contributed by atoms with Crippen LogP contribution < -0.4 is 20.7 Å². The highest BCUT2D eigenvalue weighted by Gasteiger charge is 2.20. The maximum absolute atomic E-state index is 12.3. The molecule has 228 valence electrons. The molecule has 2 aromatic heterocycles. The Hall–Kier alpha value is -5.15. The van der Waals surface area contributed by atoms with E-state index in [1.54, 1.807) is 32.9 Å². The van der Waals surface area contributed by atoms with Gasteiger partial charge in [-0.05, 0) is 67.6 Å². The summed E-state index contributed by atoms with van der Waals surface area (Å²) < 4.78 is 17.3. The van der Waals surface area contributed by atoms with Crippen molar-refractivity contribution in [2.75, 3.05) is 30.8 Å². The molecular weight excluding hydrogens is 580 g/mol. The number of ether oxygens (including phenoxy) is 3. The minimum absolute atomic E-state index is 0.0634. The summed E-state index contributed by atoms with van der Waals surface area (Å²) in [7, 11) is 1.92. The molecule has 11 nitrogen and oxygen atoms in total. The number of nitrogens with zero attached hydrogens (tertiary/aromatic N) is 4. The fourth-order valence-corrected chi connectivity index (χ4v) is 4.94. The number of fused-ring (bicyclic) bond motifs is 1. The van der Waals surface area contributed by atoms with Crippen molar-refractivity contribution in [1.82, 2.24) is 15.3 Å². The lowest BCUT2D eigenvalue weighted by Gasteiger charge is -2.19. The van der Waals surface area contributed by atoms with E-state index in [-0.39, 0.29) is 18.3 Å². The third-order valence-corrected chi connectivity index (χ3v) is 7.16. The van der Waals surface area contributed by atoms with Crippen LogP contribution in [-0.4, -0.2) is 47.8 Å². The van der Waals surface area contributed by atoms with Crippen molar-refractivity contribution in [1.29, 1.82) is 0 Å². The van der Waals surface area contributed by atoms with Crippen molar-refractivity contribution in [3.8, 4) is 6.01 Å². The molecule has 0 bridgehead atoms. The quantitative estimate of drug-likeness (QED) is 0.122. The van der Waals surface area contributed by atoms with Gasteiger partial charge < -0.3 is 30.2 Å². The monoisotopic (exact) mass is 614 g/mol. The molecule has 0 aliphatic carbocycles. The van der Waals surface area contributed by atoms with Crippen molar-refractivity contribution in [3.63, 3.8) is 0 Å². The minimum Gasteiger partial charge on any atom is -0.465 e. The lowest BCUT2D eigenvalue weighted by Crippen LogP contribution is -2.28. The van der Waals surface area contributed by atoms with E-state index in [4.69, 9.17) is 26.5 Å². The zero-order valence-electron chi connectivity index (χ0n) is 25.0. The lowest BCUT2D eigenvalue weighted by atomic mass is 10.1. The highest BCUT2D eigenvalue weighted by Crippen LogP contribution is 2.31. The number of hydrogen-bond donors (Lipinski definition) is 2. The predicted molar refractivity (Wildman–Crippen MR) is 171 cm³/mol. The molecule has 0 spiro atoms. The number of carbonyl (C=O) groups excluding carboxylic acids is 2. The van der Waals surface area contributed by atoms with Gasteiger partial charge in [-0.25, -0.2) is 14.6 Å². The Morgan fingerprint density at radius 3 is 2.57 bits per heavy atom. The third-order valence-electron chi connectivity index (χ3n) is 6.11. The number of thiophene rings is 1. The molecule has 2 heterocycles. The summed E-state index contributed by atoms with van der Waals surface area (Å²) >= 11 is 1.48.